The Morgan fingerprint density at radius 3 is 2.43 bits per heavy atom. The molecule has 1 unspecified atom stereocenters. The summed E-state index contributed by atoms with van der Waals surface area (Å²) in [6.07, 6.45) is 0.533. The molecule has 1 rings (SSSR count). The van der Waals surface area contributed by atoms with Gasteiger partial charge in [-0.3, -0.25) is 9.48 Å². The van der Waals surface area contributed by atoms with E-state index in [4.69, 9.17) is 5.11 Å². The van der Waals surface area contributed by atoms with Crippen LogP contribution in [-0.4, -0.2) is 32.8 Å². The van der Waals surface area contributed by atoms with Gasteiger partial charge in [-0.2, -0.15) is 5.10 Å². The van der Waals surface area contributed by atoms with E-state index in [1.165, 1.54) is 0 Å². The molecule has 6 heteroatoms. The van der Waals surface area contributed by atoms with Crippen molar-refractivity contribution >= 4 is 11.9 Å². The van der Waals surface area contributed by atoms with E-state index < -0.39 is 12.0 Å². The van der Waals surface area contributed by atoms with Crippen molar-refractivity contribution in [3.05, 3.63) is 17.0 Å². The topological polar surface area (TPSA) is 84.2 Å². The normalized spacial score (nSPS) is 12.5. The highest BCUT2D eigenvalue weighted by atomic mass is 16.4. The molecule has 0 fully saturated rings. The van der Waals surface area contributed by atoms with Crippen LogP contribution in [-0.2, 0) is 22.6 Å². The van der Waals surface area contributed by atoms with E-state index in [2.05, 4.69) is 24.3 Å². The summed E-state index contributed by atoms with van der Waals surface area (Å²) in [5.74, 6) is -0.810. The van der Waals surface area contributed by atoms with Crippen molar-refractivity contribution in [2.45, 2.75) is 60.0 Å². The molecule has 0 aliphatic carbocycles. The van der Waals surface area contributed by atoms with E-state index in [0.29, 0.717) is 12.3 Å². The highest BCUT2D eigenvalue weighted by Gasteiger charge is 2.20. The van der Waals surface area contributed by atoms with E-state index in [9.17, 15) is 9.59 Å². The minimum Gasteiger partial charge on any atom is -0.480 e. The number of aryl methyl sites for hydroxylation is 1. The predicted octanol–water partition coefficient (Wildman–Crippen LogP) is 1.68. The first-order valence-electron chi connectivity index (χ1n) is 7.31. The molecule has 1 aromatic heterocycles. The number of nitrogens with one attached hydrogen (secondary N) is 1. The van der Waals surface area contributed by atoms with Gasteiger partial charge in [0.25, 0.3) is 0 Å². The molecule has 0 aromatic carbocycles. The van der Waals surface area contributed by atoms with Gasteiger partial charge >= 0.3 is 5.97 Å². The Morgan fingerprint density at radius 1 is 1.33 bits per heavy atom. The molecular weight excluding hydrogens is 270 g/mol. The average molecular weight is 295 g/mol. The number of aromatic nitrogens is 2. The summed E-state index contributed by atoms with van der Waals surface area (Å²) in [7, 11) is 0. The molecule has 0 spiro atoms. The van der Waals surface area contributed by atoms with Gasteiger partial charge in [-0.15, -0.1) is 0 Å². The van der Waals surface area contributed by atoms with Crippen molar-refractivity contribution in [3.8, 4) is 0 Å². The number of hydrogen-bond donors (Lipinski definition) is 2. The SMILES string of the molecule is CCC(NC(=O)Cc1c(C)nn(CC(C)C)c1C)C(=O)O. The molecule has 0 bridgehead atoms. The van der Waals surface area contributed by atoms with Crippen LogP contribution in [0.2, 0.25) is 0 Å². The first kappa shape index (κ1) is 17.2. The largest absolute Gasteiger partial charge is 0.480 e. The number of rotatable bonds is 7. The van der Waals surface area contributed by atoms with Gasteiger partial charge in [0.05, 0.1) is 12.1 Å². The zero-order valence-electron chi connectivity index (χ0n) is 13.4. The summed E-state index contributed by atoms with van der Waals surface area (Å²) in [5, 5.41) is 16.0. The van der Waals surface area contributed by atoms with Gasteiger partial charge in [0, 0.05) is 17.8 Å². The molecule has 0 aliphatic rings. The zero-order chi connectivity index (χ0) is 16.2. The maximum atomic E-state index is 12.0. The Balaban J connectivity index is 2.81. The molecule has 1 atom stereocenters. The van der Waals surface area contributed by atoms with Crippen LogP contribution >= 0.6 is 0 Å². The van der Waals surface area contributed by atoms with Crippen LogP contribution in [0.15, 0.2) is 0 Å². The summed E-state index contributed by atoms with van der Waals surface area (Å²) >= 11 is 0. The molecular formula is C15H25N3O3. The van der Waals surface area contributed by atoms with Gasteiger partial charge in [0.1, 0.15) is 6.04 Å². The standard InChI is InChI=1S/C15H25N3O3/c1-6-13(15(20)21)16-14(19)7-12-10(4)17-18(11(12)5)8-9(2)3/h9,13H,6-8H2,1-5H3,(H,16,19)(H,20,21). The molecule has 1 heterocycles. The van der Waals surface area contributed by atoms with E-state index in [-0.39, 0.29) is 12.3 Å². The smallest absolute Gasteiger partial charge is 0.326 e. The first-order valence-corrected chi connectivity index (χ1v) is 7.31. The average Bonchev–Trinajstić information content (AvgIpc) is 2.62. The monoisotopic (exact) mass is 295 g/mol. The van der Waals surface area contributed by atoms with Gasteiger partial charge in [-0.1, -0.05) is 20.8 Å². The van der Waals surface area contributed by atoms with Gasteiger partial charge in [-0.25, -0.2) is 4.79 Å². The lowest BCUT2D eigenvalue weighted by Gasteiger charge is -2.12. The van der Waals surface area contributed by atoms with Crippen LogP contribution in [0, 0.1) is 19.8 Å². The number of carboxylic acid groups (broad SMARTS) is 1. The maximum Gasteiger partial charge on any atom is 0.326 e. The number of carboxylic acids is 1. The predicted molar refractivity (Wildman–Crippen MR) is 80.1 cm³/mol. The van der Waals surface area contributed by atoms with Crippen molar-refractivity contribution in [1.82, 2.24) is 15.1 Å². The third-order valence-corrected chi connectivity index (χ3v) is 3.45. The van der Waals surface area contributed by atoms with Crippen LogP contribution in [0.3, 0.4) is 0 Å². The number of nitrogens with zero attached hydrogens (tertiary/aromatic N) is 2. The van der Waals surface area contributed by atoms with Crippen molar-refractivity contribution in [1.29, 1.82) is 0 Å². The Bertz CT molecular complexity index is 520. The minimum atomic E-state index is -1.00. The maximum absolute atomic E-state index is 12.0. The summed E-state index contributed by atoms with van der Waals surface area (Å²) < 4.78 is 1.91. The molecule has 0 saturated heterocycles. The molecule has 2 N–H and O–H groups in total. The summed E-state index contributed by atoms with van der Waals surface area (Å²) in [6.45, 7) is 10.6. The van der Waals surface area contributed by atoms with E-state index in [1.807, 2.05) is 18.5 Å². The van der Waals surface area contributed by atoms with Gasteiger partial charge in [0.2, 0.25) is 5.91 Å². The molecule has 1 aromatic rings. The fourth-order valence-electron chi connectivity index (χ4n) is 2.26. The second-order valence-corrected chi connectivity index (χ2v) is 5.77. The van der Waals surface area contributed by atoms with Gasteiger partial charge in [-0.05, 0) is 26.2 Å². The molecule has 21 heavy (non-hydrogen) atoms. The molecule has 6 nitrogen and oxygen atoms in total. The van der Waals surface area contributed by atoms with Crippen molar-refractivity contribution < 1.29 is 14.7 Å². The van der Waals surface area contributed by atoms with Crippen LogP contribution in [0.5, 0.6) is 0 Å². The quantitative estimate of drug-likeness (QED) is 0.801. The summed E-state index contributed by atoms with van der Waals surface area (Å²) in [5.41, 5.74) is 2.68. The first-order chi connectivity index (χ1) is 9.76. The molecule has 118 valence electrons. The Labute approximate surface area is 125 Å². The number of amides is 1. The number of aliphatic carboxylic acids is 1. The number of hydrogen-bond acceptors (Lipinski definition) is 3. The molecule has 0 aliphatic heterocycles. The van der Waals surface area contributed by atoms with Crippen LogP contribution < -0.4 is 5.32 Å². The highest BCUT2D eigenvalue weighted by Crippen LogP contribution is 2.15. The lowest BCUT2D eigenvalue weighted by Crippen LogP contribution is -2.41. The van der Waals surface area contributed by atoms with Gasteiger partial charge < -0.3 is 10.4 Å². The second-order valence-electron chi connectivity index (χ2n) is 5.77. The Hall–Kier alpha value is -1.85. The zero-order valence-corrected chi connectivity index (χ0v) is 13.4. The van der Waals surface area contributed by atoms with Crippen molar-refractivity contribution in [3.63, 3.8) is 0 Å². The van der Waals surface area contributed by atoms with E-state index >= 15 is 0 Å². The Morgan fingerprint density at radius 2 is 1.95 bits per heavy atom. The third kappa shape index (κ3) is 4.58. The molecule has 1 amide bonds. The summed E-state index contributed by atoms with van der Waals surface area (Å²) in [4.78, 5) is 23.0. The van der Waals surface area contributed by atoms with Crippen LogP contribution in [0.4, 0.5) is 0 Å². The number of carbonyl (C=O) groups excluding carboxylic acids is 1. The second kappa shape index (κ2) is 7.24. The lowest BCUT2D eigenvalue weighted by molar-refractivity contribution is -0.141. The van der Waals surface area contributed by atoms with E-state index in [0.717, 1.165) is 23.5 Å². The fourth-order valence-corrected chi connectivity index (χ4v) is 2.26. The Kier molecular flexibility index (Phi) is 5.93. The van der Waals surface area contributed by atoms with Crippen molar-refractivity contribution in [2.75, 3.05) is 0 Å². The van der Waals surface area contributed by atoms with Crippen LogP contribution in [0.25, 0.3) is 0 Å². The minimum absolute atomic E-state index is 0.166. The van der Waals surface area contributed by atoms with Gasteiger partial charge in [0.15, 0.2) is 0 Å². The lowest BCUT2D eigenvalue weighted by atomic mass is 10.1. The summed E-state index contributed by atoms with van der Waals surface area (Å²) in [6, 6.07) is -0.830. The molecule has 0 radical (unpaired) electrons. The van der Waals surface area contributed by atoms with Crippen molar-refractivity contribution in [2.24, 2.45) is 5.92 Å². The third-order valence-electron chi connectivity index (χ3n) is 3.45. The fraction of sp³-hybridized carbons (Fsp3) is 0.667. The highest BCUT2D eigenvalue weighted by molar-refractivity contribution is 5.85. The molecule has 0 saturated carbocycles. The van der Waals surface area contributed by atoms with Crippen LogP contribution in [0.1, 0.15) is 44.1 Å². The number of carbonyl (C=O) groups is 2. The van der Waals surface area contributed by atoms with E-state index in [1.54, 1.807) is 6.92 Å².